The largest absolute Gasteiger partial charge is 0.497 e. The molecule has 3 nitrogen and oxygen atoms in total. The van der Waals surface area contributed by atoms with Gasteiger partial charge in [0.1, 0.15) is 11.3 Å². The fourth-order valence-electron chi connectivity index (χ4n) is 3.42. The first-order chi connectivity index (χ1) is 14.2. The van der Waals surface area contributed by atoms with E-state index in [0.717, 1.165) is 10.9 Å². The normalized spacial score (nSPS) is 10.5. The van der Waals surface area contributed by atoms with Gasteiger partial charge in [-0.1, -0.05) is 73.3 Å². The number of hydrogen-bond acceptors (Lipinski definition) is 3. The lowest BCUT2D eigenvalue weighted by Crippen LogP contribution is -1.97. The van der Waals surface area contributed by atoms with Gasteiger partial charge in [-0.05, 0) is 39.2 Å². The van der Waals surface area contributed by atoms with E-state index in [2.05, 4.69) is 67.2 Å². The van der Waals surface area contributed by atoms with E-state index < -0.39 is 0 Å². The van der Waals surface area contributed by atoms with Crippen molar-refractivity contribution < 1.29 is 9.15 Å². The van der Waals surface area contributed by atoms with Gasteiger partial charge in [-0.25, -0.2) is 4.79 Å². The Bertz CT molecular complexity index is 1320. The second-order valence-electron chi connectivity index (χ2n) is 6.59. The second-order valence-corrected chi connectivity index (χ2v) is 6.59. The quantitative estimate of drug-likeness (QED) is 0.261. The minimum Gasteiger partial charge on any atom is -0.497 e. The van der Waals surface area contributed by atoms with E-state index in [1.165, 1.54) is 27.6 Å². The van der Waals surface area contributed by atoms with Gasteiger partial charge in [-0.15, -0.1) is 0 Å². The van der Waals surface area contributed by atoms with Crippen LogP contribution in [-0.4, -0.2) is 7.11 Å². The number of hydrogen-bond donors (Lipinski definition) is 0. The minimum absolute atomic E-state index is 0.384. The summed E-state index contributed by atoms with van der Waals surface area (Å²) in [6, 6.07) is 28.1. The Morgan fingerprint density at radius 3 is 2.00 bits per heavy atom. The highest BCUT2D eigenvalue weighted by molar-refractivity contribution is 6.07. The maximum Gasteiger partial charge on any atom is 0.336 e. The molecule has 0 N–H and O–H groups in total. The fourth-order valence-corrected chi connectivity index (χ4v) is 3.42. The number of benzene rings is 4. The second kappa shape index (κ2) is 8.03. The molecule has 0 spiro atoms. The van der Waals surface area contributed by atoms with Gasteiger partial charge in [0.25, 0.3) is 0 Å². The van der Waals surface area contributed by atoms with Crippen molar-refractivity contribution in [2.24, 2.45) is 0 Å². The predicted octanol–water partition coefficient (Wildman–Crippen LogP) is 6.44. The van der Waals surface area contributed by atoms with Gasteiger partial charge in [0.2, 0.25) is 0 Å². The van der Waals surface area contributed by atoms with Gasteiger partial charge in [-0.3, -0.25) is 0 Å². The number of rotatable bonds is 2. The van der Waals surface area contributed by atoms with Gasteiger partial charge in [0.15, 0.2) is 0 Å². The summed E-state index contributed by atoms with van der Waals surface area (Å²) in [6.45, 7) is 3.65. The van der Waals surface area contributed by atoms with Crippen LogP contribution < -0.4 is 10.4 Å². The monoisotopic (exact) mass is 380 g/mol. The Morgan fingerprint density at radius 1 is 0.793 bits per heavy atom. The molecular formula is C26H20O3. The molecule has 0 bridgehead atoms. The van der Waals surface area contributed by atoms with Crippen LogP contribution in [-0.2, 0) is 0 Å². The lowest BCUT2D eigenvalue weighted by molar-refractivity contribution is 0.414. The Labute approximate surface area is 168 Å². The molecule has 0 radical (unpaired) electrons. The van der Waals surface area contributed by atoms with E-state index in [9.17, 15) is 4.79 Å². The van der Waals surface area contributed by atoms with E-state index in [1.807, 2.05) is 12.1 Å². The minimum atomic E-state index is -0.384. The smallest absolute Gasteiger partial charge is 0.336 e. The molecule has 5 rings (SSSR count). The zero-order valence-corrected chi connectivity index (χ0v) is 16.1. The number of methoxy groups -OCH3 is 1. The average molecular weight is 380 g/mol. The van der Waals surface area contributed by atoms with Gasteiger partial charge < -0.3 is 9.15 Å². The molecule has 0 atom stereocenters. The molecule has 0 saturated carbocycles. The van der Waals surface area contributed by atoms with Crippen LogP contribution in [0.2, 0.25) is 0 Å². The van der Waals surface area contributed by atoms with Crippen molar-refractivity contribution in [1.82, 2.24) is 0 Å². The highest BCUT2D eigenvalue weighted by atomic mass is 16.5. The molecule has 1 aromatic heterocycles. The molecule has 142 valence electrons. The molecule has 0 aliphatic rings. The van der Waals surface area contributed by atoms with E-state index in [1.54, 1.807) is 19.3 Å². The third-order valence-electron chi connectivity index (χ3n) is 4.86. The van der Waals surface area contributed by atoms with E-state index in [4.69, 9.17) is 9.15 Å². The summed E-state index contributed by atoms with van der Waals surface area (Å²) in [5.41, 5.74) is 0.895. The fraction of sp³-hybridized carbons (Fsp3) is 0.0385. The molecule has 29 heavy (non-hydrogen) atoms. The summed E-state index contributed by atoms with van der Waals surface area (Å²) < 4.78 is 10.1. The lowest BCUT2D eigenvalue weighted by Gasteiger charge is -2.03. The standard InChI is InChI=1S/C14H10.C12H10O3/c1-3-7-13-11(5-1)9-10-12-6-2-4-8-14(12)13;1-3-8-6-12(13)15-11-7-9(14-2)4-5-10(8)11/h1-10H;3-7H,1H2,2H3. The van der Waals surface area contributed by atoms with Crippen LogP contribution in [0, 0.1) is 0 Å². The summed E-state index contributed by atoms with van der Waals surface area (Å²) in [4.78, 5) is 11.2. The van der Waals surface area contributed by atoms with Crippen LogP contribution in [0.3, 0.4) is 0 Å². The number of ether oxygens (including phenoxy) is 1. The van der Waals surface area contributed by atoms with E-state index in [-0.39, 0.29) is 5.63 Å². The molecule has 5 aromatic rings. The number of fused-ring (bicyclic) bond motifs is 4. The Kier molecular flexibility index (Phi) is 5.12. The molecule has 0 aliphatic carbocycles. The summed E-state index contributed by atoms with van der Waals surface area (Å²) in [6.07, 6.45) is 1.63. The van der Waals surface area contributed by atoms with Crippen LogP contribution in [0.15, 0.2) is 101 Å². The van der Waals surface area contributed by atoms with Crippen molar-refractivity contribution in [3.8, 4) is 5.75 Å². The zero-order chi connectivity index (χ0) is 20.2. The molecule has 0 unspecified atom stereocenters. The topological polar surface area (TPSA) is 39.4 Å². The SMILES string of the molecule is C=Cc1cc(=O)oc2cc(OC)ccc12.c1ccc2c(c1)ccc1ccccc12. The van der Waals surface area contributed by atoms with E-state index in [0.29, 0.717) is 11.3 Å². The van der Waals surface area contributed by atoms with Crippen molar-refractivity contribution >= 4 is 38.6 Å². The van der Waals surface area contributed by atoms with Crippen molar-refractivity contribution in [2.45, 2.75) is 0 Å². The van der Waals surface area contributed by atoms with Crippen LogP contribution >= 0.6 is 0 Å². The first kappa shape index (κ1) is 18.5. The van der Waals surface area contributed by atoms with Gasteiger partial charge in [0.05, 0.1) is 7.11 Å². The van der Waals surface area contributed by atoms with Crippen molar-refractivity contribution in [2.75, 3.05) is 7.11 Å². The maximum absolute atomic E-state index is 11.2. The first-order valence-corrected chi connectivity index (χ1v) is 9.30. The van der Waals surface area contributed by atoms with Gasteiger partial charge in [-0.2, -0.15) is 0 Å². The first-order valence-electron chi connectivity index (χ1n) is 9.30. The van der Waals surface area contributed by atoms with Crippen LogP contribution in [0.4, 0.5) is 0 Å². The molecule has 4 aromatic carbocycles. The van der Waals surface area contributed by atoms with Crippen molar-refractivity contribution in [1.29, 1.82) is 0 Å². The van der Waals surface area contributed by atoms with E-state index >= 15 is 0 Å². The summed E-state index contributed by atoms with van der Waals surface area (Å²) >= 11 is 0. The molecular weight excluding hydrogens is 360 g/mol. The highest BCUT2D eigenvalue weighted by Gasteiger charge is 2.04. The molecule has 0 saturated heterocycles. The average Bonchev–Trinajstić information content (AvgIpc) is 2.78. The van der Waals surface area contributed by atoms with Crippen LogP contribution in [0.25, 0.3) is 38.6 Å². The highest BCUT2D eigenvalue weighted by Crippen LogP contribution is 2.24. The summed E-state index contributed by atoms with van der Waals surface area (Å²) in [5, 5.41) is 6.15. The van der Waals surface area contributed by atoms with Crippen molar-refractivity contribution in [3.63, 3.8) is 0 Å². The molecule has 0 aliphatic heterocycles. The summed E-state index contributed by atoms with van der Waals surface area (Å²) in [7, 11) is 1.57. The third-order valence-corrected chi connectivity index (χ3v) is 4.86. The Morgan fingerprint density at radius 2 is 1.41 bits per heavy atom. The Hall–Kier alpha value is -3.85. The van der Waals surface area contributed by atoms with Gasteiger partial charge in [0, 0.05) is 17.5 Å². The zero-order valence-electron chi connectivity index (χ0n) is 16.1. The maximum atomic E-state index is 11.2. The molecule has 1 heterocycles. The van der Waals surface area contributed by atoms with Crippen molar-refractivity contribution in [3.05, 3.63) is 107 Å². The molecule has 0 amide bonds. The summed E-state index contributed by atoms with van der Waals surface area (Å²) in [5.74, 6) is 0.659. The molecule has 0 fully saturated rings. The van der Waals surface area contributed by atoms with Gasteiger partial charge >= 0.3 is 5.63 Å². The van der Waals surface area contributed by atoms with Crippen LogP contribution in [0.1, 0.15) is 5.56 Å². The lowest BCUT2D eigenvalue weighted by atomic mass is 10.0. The molecule has 3 heteroatoms. The Balaban J connectivity index is 0.000000141. The third kappa shape index (κ3) is 3.76. The van der Waals surface area contributed by atoms with Crippen LogP contribution in [0.5, 0.6) is 5.75 Å². The predicted molar refractivity (Wildman–Crippen MR) is 121 cm³/mol.